The van der Waals surface area contributed by atoms with E-state index in [2.05, 4.69) is 20.1 Å². The van der Waals surface area contributed by atoms with Crippen molar-refractivity contribution in [2.45, 2.75) is 37.3 Å². The average Bonchev–Trinajstić information content (AvgIpc) is 3.41. The first-order valence-corrected chi connectivity index (χ1v) is 10.0. The molecule has 0 bridgehead atoms. The minimum atomic E-state index is -0.625. The third-order valence-electron chi connectivity index (χ3n) is 5.18. The normalized spacial score (nSPS) is 26.3. The molecule has 2 fully saturated rings. The Labute approximate surface area is 175 Å². The van der Waals surface area contributed by atoms with E-state index in [0.717, 1.165) is 5.69 Å². The lowest BCUT2D eigenvalue weighted by molar-refractivity contribution is 0.00706. The third kappa shape index (κ3) is 3.57. The molecule has 0 spiro atoms. The summed E-state index contributed by atoms with van der Waals surface area (Å²) in [6.07, 6.45) is 1.32. The van der Waals surface area contributed by atoms with Crippen LogP contribution in [-0.2, 0) is 29.4 Å². The van der Waals surface area contributed by atoms with Crippen molar-refractivity contribution >= 4 is 34.4 Å². The van der Waals surface area contributed by atoms with Crippen molar-refractivity contribution in [3.8, 4) is 6.01 Å². The summed E-state index contributed by atoms with van der Waals surface area (Å²) < 4.78 is 18.7. The molecular formula is C18H19Cl2N5O4. The molecule has 0 aliphatic carbocycles. The monoisotopic (exact) mass is 439 g/mol. The van der Waals surface area contributed by atoms with Gasteiger partial charge in [-0.15, -0.1) is 0 Å². The third-order valence-corrected chi connectivity index (χ3v) is 5.82. The van der Waals surface area contributed by atoms with E-state index in [1.807, 2.05) is 7.05 Å². The number of rotatable bonds is 5. The van der Waals surface area contributed by atoms with Crippen LogP contribution >= 0.6 is 23.2 Å². The van der Waals surface area contributed by atoms with E-state index in [1.54, 1.807) is 16.9 Å². The second-order valence-electron chi connectivity index (χ2n) is 7.25. The number of fused-ring (bicyclic) bond motifs is 2. The number of nitrogens with one attached hydrogen (secondary N) is 1. The van der Waals surface area contributed by atoms with Crippen LogP contribution in [-0.4, -0.2) is 67.5 Å². The van der Waals surface area contributed by atoms with E-state index in [9.17, 15) is 5.11 Å². The number of ether oxygens (including phenoxy) is 3. The number of aliphatic hydroxyl groups excluding tert-OH is 1. The highest BCUT2D eigenvalue weighted by atomic mass is 35.5. The first kappa shape index (κ1) is 19.1. The van der Waals surface area contributed by atoms with Crippen molar-refractivity contribution in [1.82, 2.24) is 24.7 Å². The molecule has 2 saturated heterocycles. The van der Waals surface area contributed by atoms with Crippen LogP contribution in [0.1, 0.15) is 11.4 Å². The van der Waals surface area contributed by atoms with Crippen LogP contribution in [0.5, 0.6) is 6.01 Å². The summed E-state index contributed by atoms with van der Waals surface area (Å²) in [6, 6.07) is 2.09. The summed E-state index contributed by atoms with van der Waals surface area (Å²) in [7, 11) is 1.83. The lowest BCUT2D eigenvalue weighted by atomic mass is 10.1. The van der Waals surface area contributed by atoms with Gasteiger partial charge in [-0.05, 0) is 18.9 Å². The summed E-state index contributed by atoms with van der Waals surface area (Å²) in [6.45, 7) is 0.573. The van der Waals surface area contributed by atoms with Crippen molar-refractivity contribution in [2.24, 2.45) is 7.05 Å². The number of hydrogen-bond acceptors (Lipinski definition) is 7. The van der Waals surface area contributed by atoms with Gasteiger partial charge in [0.05, 0.1) is 40.2 Å². The molecule has 3 aromatic heterocycles. The lowest BCUT2D eigenvalue weighted by Gasteiger charge is -2.15. The molecule has 2 aliphatic rings. The van der Waals surface area contributed by atoms with Gasteiger partial charge in [0.1, 0.15) is 18.3 Å². The van der Waals surface area contributed by atoms with Crippen molar-refractivity contribution in [3.63, 3.8) is 0 Å². The molecular weight excluding hydrogens is 421 g/mol. The van der Waals surface area contributed by atoms with E-state index < -0.39 is 6.10 Å². The summed E-state index contributed by atoms with van der Waals surface area (Å²) in [4.78, 5) is 12.1. The summed E-state index contributed by atoms with van der Waals surface area (Å²) in [5.74, 6) is 0. The standard InChI is InChI=1S/C18H19Cl2N5O4/c1-25-5-9(20)11(24-25)3-2-10-8(19)4-12-17(21-10)23-18(22-12)29-14-7-28-15-13(26)6-27-16(14)15/h4-5,13-16,26H,2-3,6-7H2,1H3,(H,21,22,23)/t13-,14-,15-,16-/m1/s1. The van der Waals surface area contributed by atoms with Gasteiger partial charge in [-0.25, -0.2) is 4.98 Å². The zero-order valence-corrected chi connectivity index (χ0v) is 17.0. The number of nitrogens with zero attached hydrogens (tertiary/aromatic N) is 4. The Morgan fingerprint density at radius 2 is 1.97 bits per heavy atom. The molecule has 0 unspecified atom stereocenters. The molecule has 0 saturated carbocycles. The number of H-pyrrole nitrogens is 1. The van der Waals surface area contributed by atoms with Crippen LogP contribution in [0, 0.1) is 0 Å². The smallest absolute Gasteiger partial charge is 0.296 e. The van der Waals surface area contributed by atoms with E-state index in [0.29, 0.717) is 52.4 Å². The van der Waals surface area contributed by atoms with Gasteiger partial charge < -0.3 is 24.3 Å². The Bertz CT molecular complexity index is 1050. The molecule has 4 atom stereocenters. The van der Waals surface area contributed by atoms with Crippen molar-refractivity contribution < 1.29 is 19.3 Å². The van der Waals surface area contributed by atoms with E-state index in [-0.39, 0.29) is 24.9 Å². The Balaban J connectivity index is 1.32. The highest BCUT2D eigenvalue weighted by molar-refractivity contribution is 6.32. The maximum absolute atomic E-state index is 9.84. The number of aryl methyl sites for hydroxylation is 3. The number of halogens is 2. The molecule has 2 N–H and O–H groups in total. The molecule has 29 heavy (non-hydrogen) atoms. The first-order chi connectivity index (χ1) is 14.0. The van der Waals surface area contributed by atoms with Gasteiger partial charge in [-0.3, -0.25) is 4.68 Å². The highest BCUT2D eigenvalue weighted by Gasteiger charge is 2.48. The van der Waals surface area contributed by atoms with Gasteiger partial charge in [-0.2, -0.15) is 10.1 Å². The SMILES string of the molecule is Cn1cc(Cl)c(CCc2nc3nc(O[C@@H]4CO[C@H]5[C@@H]4OC[C@H]5O)[nH]c3cc2Cl)n1. The minimum absolute atomic E-state index is 0.246. The topological polar surface area (TPSA) is 107 Å². The number of imidazole rings is 1. The average molecular weight is 440 g/mol. The van der Waals surface area contributed by atoms with E-state index in [4.69, 9.17) is 37.4 Å². The second-order valence-corrected chi connectivity index (χ2v) is 8.06. The fourth-order valence-corrected chi connectivity index (χ4v) is 4.28. The molecule has 0 aromatic carbocycles. The van der Waals surface area contributed by atoms with Crippen LogP contribution in [0.4, 0.5) is 0 Å². The number of aromatic amines is 1. The molecule has 0 amide bonds. The molecule has 9 nitrogen and oxygen atoms in total. The van der Waals surface area contributed by atoms with Crippen LogP contribution in [0.15, 0.2) is 12.3 Å². The molecule has 2 aliphatic heterocycles. The van der Waals surface area contributed by atoms with E-state index >= 15 is 0 Å². The number of pyridine rings is 1. The van der Waals surface area contributed by atoms with Gasteiger partial charge in [0.15, 0.2) is 11.8 Å². The van der Waals surface area contributed by atoms with Gasteiger partial charge in [0.2, 0.25) is 0 Å². The molecule has 11 heteroatoms. The Morgan fingerprint density at radius 1 is 1.17 bits per heavy atom. The van der Waals surface area contributed by atoms with Crippen LogP contribution in [0.25, 0.3) is 11.2 Å². The Kier molecular flexibility index (Phi) is 4.87. The van der Waals surface area contributed by atoms with Crippen LogP contribution < -0.4 is 4.74 Å². The summed E-state index contributed by atoms with van der Waals surface area (Å²) in [5.41, 5.74) is 2.69. The Hall–Kier alpha value is -1.91. The fraction of sp³-hybridized carbons (Fsp3) is 0.500. The maximum atomic E-state index is 9.84. The quantitative estimate of drug-likeness (QED) is 0.622. The molecule has 3 aromatic rings. The predicted octanol–water partition coefficient (Wildman–Crippen LogP) is 1.69. The van der Waals surface area contributed by atoms with E-state index in [1.165, 1.54) is 0 Å². The van der Waals surface area contributed by atoms with Crippen molar-refractivity contribution in [1.29, 1.82) is 0 Å². The highest BCUT2D eigenvalue weighted by Crippen LogP contribution is 2.30. The number of aliphatic hydroxyl groups is 1. The maximum Gasteiger partial charge on any atom is 0.296 e. The zero-order valence-electron chi connectivity index (χ0n) is 15.5. The van der Waals surface area contributed by atoms with Gasteiger partial charge in [-0.1, -0.05) is 23.2 Å². The summed E-state index contributed by atoms with van der Waals surface area (Å²) in [5, 5.41) is 15.3. The first-order valence-electron chi connectivity index (χ1n) is 9.29. The van der Waals surface area contributed by atoms with Gasteiger partial charge in [0, 0.05) is 13.2 Å². The minimum Gasteiger partial charge on any atom is -0.456 e. The van der Waals surface area contributed by atoms with Crippen molar-refractivity contribution in [3.05, 3.63) is 33.7 Å². The van der Waals surface area contributed by atoms with Gasteiger partial charge >= 0.3 is 0 Å². The Morgan fingerprint density at radius 3 is 2.76 bits per heavy atom. The molecule has 5 rings (SSSR count). The number of aromatic nitrogens is 5. The second kappa shape index (κ2) is 7.41. The number of hydrogen-bond donors (Lipinski definition) is 2. The zero-order chi connectivity index (χ0) is 20.1. The molecule has 154 valence electrons. The van der Waals surface area contributed by atoms with Gasteiger partial charge in [0.25, 0.3) is 6.01 Å². The molecule has 5 heterocycles. The van der Waals surface area contributed by atoms with Crippen molar-refractivity contribution in [2.75, 3.05) is 13.2 Å². The predicted molar refractivity (Wildman–Crippen MR) is 104 cm³/mol. The van der Waals surface area contributed by atoms with Crippen LogP contribution in [0.2, 0.25) is 10.0 Å². The fourth-order valence-electron chi connectivity index (χ4n) is 3.76. The largest absolute Gasteiger partial charge is 0.456 e. The summed E-state index contributed by atoms with van der Waals surface area (Å²) >= 11 is 12.6. The molecule has 0 radical (unpaired) electrons. The lowest BCUT2D eigenvalue weighted by Crippen LogP contribution is -2.34. The van der Waals surface area contributed by atoms with Crippen LogP contribution in [0.3, 0.4) is 0 Å².